The summed E-state index contributed by atoms with van der Waals surface area (Å²) in [5, 5.41) is 3.84. The molecule has 0 radical (unpaired) electrons. The van der Waals surface area contributed by atoms with Crippen molar-refractivity contribution >= 4 is 23.3 Å². The average Bonchev–Trinajstić information content (AvgIpc) is 2.69. The lowest BCUT2D eigenvalue weighted by Gasteiger charge is -2.12. The van der Waals surface area contributed by atoms with Crippen molar-refractivity contribution in [3.63, 3.8) is 0 Å². The summed E-state index contributed by atoms with van der Waals surface area (Å²) in [4.78, 5) is 26.0. The van der Waals surface area contributed by atoms with Crippen LogP contribution in [0.2, 0.25) is 5.15 Å². The molecular formula is C21H18ClN3O2. The fourth-order valence-corrected chi connectivity index (χ4v) is 2.66. The van der Waals surface area contributed by atoms with Gasteiger partial charge < -0.3 is 4.84 Å². The van der Waals surface area contributed by atoms with Crippen LogP contribution >= 0.6 is 11.6 Å². The van der Waals surface area contributed by atoms with Gasteiger partial charge in [0.1, 0.15) is 0 Å². The first-order chi connectivity index (χ1) is 13.0. The molecule has 0 aliphatic carbocycles. The molecular weight excluding hydrogens is 362 g/mol. The molecule has 5 nitrogen and oxygen atoms in total. The van der Waals surface area contributed by atoms with Gasteiger partial charge >= 0.3 is 5.97 Å². The first kappa shape index (κ1) is 18.7. The molecule has 0 N–H and O–H groups in total. The fraction of sp³-hybridized carbons (Fsp3) is 0.143. The molecule has 6 heteroatoms. The maximum absolute atomic E-state index is 12.0. The van der Waals surface area contributed by atoms with Gasteiger partial charge in [-0.2, -0.15) is 0 Å². The first-order valence-corrected chi connectivity index (χ1v) is 8.80. The Labute approximate surface area is 162 Å². The second kappa shape index (κ2) is 8.56. The van der Waals surface area contributed by atoms with E-state index in [1.807, 2.05) is 60.7 Å². The summed E-state index contributed by atoms with van der Waals surface area (Å²) in [5.74, 6) is -0.543. The zero-order chi connectivity index (χ0) is 19.2. The summed E-state index contributed by atoms with van der Waals surface area (Å²) in [6.45, 7) is 3.48. The smallest absolute Gasteiger partial charge is 0.318 e. The number of aromatic nitrogens is 2. The topological polar surface area (TPSA) is 64.4 Å². The SMILES string of the molecule is CC(C)=NOC(=O)Cc1nc(-c2ccccc2)c(-c2ccccc2)nc1Cl. The highest BCUT2D eigenvalue weighted by molar-refractivity contribution is 6.30. The summed E-state index contributed by atoms with van der Waals surface area (Å²) in [5.41, 5.74) is 4.09. The number of benzene rings is 2. The zero-order valence-electron chi connectivity index (χ0n) is 15.0. The Bertz CT molecular complexity index is 969. The molecule has 3 aromatic rings. The van der Waals surface area contributed by atoms with E-state index in [9.17, 15) is 4.79 Å². The van der Waals surface area contributed by atoms with E-state index in [4.69, 9.17) is 16.4 Å². The molecule has 136 valence electrons. The van der Waals surface area contributed by atoms with E-state index < -0.39 is 5.97 Å². The Balaban J connectivity index is 2.05. The third-order valence-electron chi connectivity index (χ3n) is 3.66. The van der Waals surface area contributed by atoms with E-state index in [0.717, 1.165) is 11.1 Å². The number of rotatable bonds is 5. The van der Waals surface area contributed by atoms with Crippen molar-refractivity contribution in [3.8, 4) is 22.5 Å². The standard InChI is InChI=1S/C21H18ClN3O2/c1-14(2)25-27-18(26)13-17-21(22)24-20(16-11-7-4-8-12-16)19(23-17)15-9-5-3-6-10-15/h3-12H,13H2,1-2H3. The van der Waals surface area contributed by atoms with E-state index >= 15 is 0 Å². The van der Waals surface area contributed by atoms with Gasteiger partial charge in [0, 0.05) is 11.1 Å². The third-order valence-corrected chi connectivity index (χ3v) is 3.96. The van der Waals surface area contributed by atoms with Gasteiger partial charge in [-0.1, -0.05) is 77.4 Å². The van der Waals surface area contributed by atoms with E-state index in [0.29, 0.717) is 22.8 Å². The highest BCUT2D eigenvalue weighted by Crippen LogP contribution is 2.31. The van der Waals surface area contributed by atoms with Crippen molar-refractivity contribution in [2.45, 2.75) is 20.3 Å². The van der Waals surface area contributed by atoms with Gasteiger partial charge in [-0.05, 0) is 13.8 Å². The molecule has 0 unspecified atom stereocenters. The van der Waals surface area contributed by atoms with Gasteiger partial charge in [0.2, 0.25) is 0 Å². The van der Waals surface area contributed by atoms with Crippen LogP contribution in [0.5, 0.6) is 0 Å². The molecule has 0 fully saturated rings. The van der Waals surface area contributed by atoms with Crippen LogP contribution in [-0.4, -0.2) is 21.6 Å². The number of carbonyl (C=O) groups is 1. The molecule has 0 aliphatic rings. The lowest BCUT2D eigenvalue weighted by atomic mass is 10.0. The number of halogens is 1. The molecule has 0 atom stereocenters. The van der Waals surface area contributed by atoms with E-state index in [2.05, 4.69) is 15.1 Å². The average molecular weight is 380 g/mol. The maximum Gasteiger partial charge on any atom is 0.341 e. The molecule has 0 aliphatic heterocycles. The van der Waals surface area contributed by atoms with Crippen molar-refractivity contribution in [1.82, 2.24) is 9.97 Å². The molecule has 2 aromatic carbocycles. The van der Waals surface area contributed by atoms with Crippen LogP contribution in [0.25, 0.3) is 22.5 Å². The molecule has 0 spiro atoms. The minimum Gasteiger partial charge on any atom is -0.318 e. The minimum atomic E-state index is -0.543. The summed E-state index contributed by atoms with van der Waals surface area (Å²) >= 11 is 6.33. The quantitative estimate of drug-likeness (QED) is 0.357. The van der Waals surface area contributed by atoms with Gasteiger partial charge in [0.05, 0.1) is 29.2 Å². The van der Waals surface area contributed by atoms with Crippen LogP contribution in [-0.2, 0) is 16.1 Å². The van der Waals surface area contributed by atoms with E-state index in [-0.39, 0.29) is 11.6 Å². The molecule has 0 bridgehead atoms. The molecule has 3 rings (SSSR count). The maximum atomic E-state index is 12.0. The number of carbonyl (C=O) groups excluding carboxylic acids is 1. The van der Waals surface area contributed by atoms with E-state index in [1.165, 1.54) is 0 Å². The number of hydrogen-bond donors (Lipinski definition) is 0. The van der Waals surface area contributed by atoms with E-state index in [1.54, 1.807) is 13.8 Å². The zero-order valence-corrected chi connectivity index (χ0v) is 15.8. The molecule has 1 aromatic heterocycles. The van der Waals surface area contributed by atoms with Crippen molar-refractivity contribution in [1.29, 1.82) is 0 Å². The van der Waals surface area contributed by atoms with Crippen molar-refractivity contribution in [3.05, 3.63) is 71.5 Å². The fourth-order valence-electron chi connectivity index (χ4n) is 2.47. The van der Waals surface area contributed by atoms with Crippen LogP contribution < -0.4 is 0 Å². The van der Waals surface area contributed by atoms with Gasteiger partial charge in [0.15, 0.2) is 5.15 Å². The first-order valence-electron chi connectivity index (χ1n) is 8.43. The molecule has 0 amide bonds. The number of hydrogen-bond acceptors (Lipinski definition) is 5. The van der Waals surface area contributed by atoms with Crippen molar-refractivity contribution < 1.29 is 9.63 Å². The molecule has 0 saturated heterocycles. The van der Waals surface area contributed by atoms with Gasteiger partial charge in [0.25, 0.3) is 0 Å². The summed E-state index contributed by atoms with van der Waals surface area (Å²) in [6, 6.07) is 19.3. The van der Waals surface area contributed by atoms with Crippen molar-refractivity contribution in [2.24, 2.45) is 5.16 Å². The summed E-state index contributed by atoms with van der Waals surface area (Å²) in [7, 11) is 0. The summed E-state index contributed by atoms with van der Waals surface area (Å²) in [6.07, 6.45) is -0.114. The Kier molecular flexibility index (Phi) is 5.94. The Morgan fingerprint density at radius 2 is 1.44 bits per heavy atom. The van der Waals surface area contributed by atoms with Crippen molar-refractivity contribution in [2.75, 3.05) is 0 Å². The second-order valence-corrected chi connectivity index (χ2v) is 6.43. The number of oxime groups is 1. The normalized spacial score (nSPS) is 10.3. The van der Waals surface area contributed by atoms with Crippen LogP contribution in [0.1, 0.15) is 19.5 Å². The highest BCUT2D eigenvalue weighted by Gasteiger charge is 2.18. The largest absolute Gasteiger partial charge is 0.341 e. The second-order valence-electron chi connectivity index (χ2n) is 6.07. The van der Waals surface area contributed by atoms with Crippen LogP contribution in [0, 0.1) is 0 Å². The summed E-state index contributed by atoms with van der Waals surface area (Å²) < 4.78 is 0. The number of nitrogens with zero attached hydrogens (tertiary/aromatic N) is 3. The predicted octanol–water partition coefficient (Wildman–Crippen LogP) is 4.95. The molecule has 27 heavy (non-hydrogen) atoms. The van der Waals surface area contributed by atoms with Crippen LogP contribution in [0.15, 0.2) is 65.8 Å². The molecule has 0 saturated carbocycles. The minimum absolute atomic E-state index is 0.114. The lowest BCUT2D eigenvalue weighted by molar-refractivity contribution is -0.142. The Morgan fingerprint density at radius 1 is 0.926 bits per heavy atom. The Hall–Kier alpha value is -3.05. The predicted molar refractivity (Wildman–Crippen MR) is 106 cm³/mol. The highest BCUT2D eigenvalue weighted by atomic mass is 35.5. The van der Waals surface area contributed by atoms with Crippen LogP contribution in [0.3, 0.4) is 0 Å². The monoisotopic (exact) mass is 379 g/mol. The van der Waals surface area contributed by atoms with Gasteiger partial charge in [-0.25, -0.2) is 14.8 Å². The van der Waals surface area contributed by atoms with Gasteiger partial charge in [-0.3, -0.25) is 0 Å². The lowest BCUT2D eigenvalue weighted by Crippen LogP contribution is -2.09. The Morgan fingerprint density at radius 3 is 1.96 bits per heavy atom. The van der Waals surface area contributed by atoms with Crippen LogP contribution in [0.4, 0.5) is 0 Å². The molecule has 1 heterocycles. The van der Waals surface area contributed by atoms with Gasteiger partial charge in [-0.15, -0.1) is 0 Å². The third kappa shape index (κ3) is 4.77.